The number of hydrogen-bond donors (Lipinski definition) is 2. The van der Waals surface area contributed by atoms with Crippen molar-refractivity contribution in [3.63, 3.8) is 0 Å². The number of carboxylic acids is 1. The van der Waals surface area contributed by atoms with Crippen molar-refractivity contribution in [1.29, 1.82) is 0 Å². The Morgan fingerprint density at radius 2 is 1.70 bits per heavy atom. The zero-order chi connectivity index (χ0) is 21.3. The molecule has 0 radical (unpaired) electrons. The SMILES string of the molecule is COc1ccc(CC#Cc2cc(C(=O)NCc3ccc(C(=O)O)cc3)ccn2)cc1. The predicted molar refractivity (Wildman–Crippen MR) is 112 cm³/mol. The number of nitrogens with zero attached hydrogens (tertiary/aromatic N) is 1. The lowest BCUT2D eigenvalue weighted by Crippen LogP contribution is -2.23. The van der Waals surface area contributed by atoms with Gasteiger partial charge in [-0.15, -0.1) is 0 Å². The van der Waals surface area contributed by atoms with E-state index in [4.69, 9.17) is 9.84 Å². The average Bonchev–Trinajstić information content (AvgIpc) is 2.78. The molecule has 0 aliphatic carbocycles. The van der Waals surface area contributed by atoms with Crippen molar-refractivity contribution in [2.75, 3.05) is 7.11 Å². The van der Waals surface area contributed by atoms with Gasteiger partial charge in [0.2, 0.25) is 0 Å². The minimum atomic E-state index is -0.983. The quantitative estimate of drug-likeness (QED) is 0.620. The molecule has 0 atom stereocenters. The molecular formula is C24H20N2O4. The molecule has 1 aromatic heterocycles. The average molecular weight is 400 g/mol. The van der Waals surface area contributed by atoms with E-state index in [9.17, 15) is 9.59 Å². The van der Waals surface area contributed by atoms with Gasteiger partial charge in [0.1, 0.15) is 11.4 Å². The lowest BCUT2D eigenvalue weighted by atomic mass is 10.1. The molecule has 30 heavy (non-hydrogen) atoms. The van der Waals surface area contributed by atoms with Gasteiger partial charge in [0.25, 0.3) is 5.91 Å². The lowest BCUT2D eigenvalue weighted by molar-refractivity contribution is 0.0696. The second-order valence-electron chi connectivity index (χ2n) is 6.44. The number of methoxy groups -OCH3 is 1. The van der Waals surface area contributed by atoms with Crippen LogP contribution in [0.4, 0.5) is 0 Å². The van der Waals surface area contributed by atoms with Crippen LogP contribution in [0.25, 0.3) is 0 Å². The van der Waals surface area contributed by atoms with Crippen molar-refractivity contribution < 1.29 is 19.4 Å². The standard InChI is InChI=1S/C24H20N2O4/c1-30-22-11-7-17(8-12-22)3-2-4-21-15-20(13-14-25-21)23(27)26-16-18-5-9-19(10-6-18)24(28)29/h5-15H,3,16H2,1H3,(H,26,27)(H,28,29). The van der Waals surface area contributed by atoms with Gasteiger partial charge in [-0.1, -0.05) is 30.2 Å². The van der Waals surface area contributed by atoms with Crippen molar-refractivity contribution in [2.24, 2.45) is 0 Å². The van der Waals surface area contributed by atoms with Crippen LogP contribution in [-0.2, 0) is 13.0 Å². The summed E-state index contributed by atoms with van der Waals surface area (Å²) in [6.07, 6.45) is 2.11. The summed E-state index contributed by atoms with van der Waals surface area (Å²) in [6, 6.07) is 17.3. The highest BCUT2D eigenvalue weighted by Crippen LogP contribution is 2.11. The Labute approximate surface area is 174 Å². The predicted octanol–water partition coefficient (Wildman–Crippen LogP) is 3.31. The van der Waals surface area contributed by atoms with Crippen LogP contribution >= 0.6 is 0 Å². The molecule has 1 amide bonds. The summed E-state index contributed by atoms with van der Waals surface area (Å²) in [5.74, 6) is 5.60. The number of carbonyl (C=O) groups is 2. The fourth-order valence-corrected chi connectivity index (χ4v) is 2.67. The van der Waals surface area contributed by atoms with E-state index in [-0.39, 0.29) is 11.5 Å². The molecule has 3 rings (SSSR count). The molecule has 6 nitrogen and oxygen atoms in total. The van der Waals surface area contributed by atoms with E-state index < -0.39 is 5.97 Å². The number of ether oxygens (including phenoxy) is 1. The van der Waals surface area contributed by atoms with E-state index in [2.05, 4.69) is 22.1 Å². The summed E-state index contributed by atoms with van der Waals surface area (Å²) in [5, 5.41) is 11.7. The summed E-state index contributed by atoms with van der Waals surface area (Å²) < 4.78 is 5.13. The summed E-state index contributed by atoms with van der Waals surface area (Å²) >= 11 is 0. The molecule has 150 valence electrons. The van der Waals surface area contributed by atoms with Gasteiger partial charge in [0.05, 0.1) is 12.7 Å². The monoisotopic (exact) mass is 400 g/mol. The molecule has 2 N–H and O–H groups in total. The smallest absolute Gasteiger partial charge is 0.335 e. The van der Waals surface area contributed by atoms with Crippen molar-refractivity contribution in [2.45, 2.75) is 13.0 Å². The normalized spacial score (nSPS) is 9.90. The number of aromatic carboxylic acids is 1. The number of amides is 1. The topological polar surface area (TPSA) is 88.5 Å². The van der Waals surface area contributed by atoms with Crippen LogP contribution in [0.5, 0.6) is 5.75 Å². The summed E-state index contributed by atoms with van der Waals surface area (Å²) in [7, 11) is 1.62. The zero-order valence-electron chi connectivity index (χ0n) is 16.4. The first-order valence-corrected chi connectivity index (χ1v) is 9.23. The van der Waals surface area contributed by atoms with E-state index in [0.29, 0.717) is 24.2 Å². The Hall–Kier alpha value is -4.11. The van der Waals surface area contributed by atoms with Crippen molar-refractivity contribution in [3.05, 3.63) is 94.8 Å². The molecule has 6 heteroatoms. The number of rotatable bonds is 6. The Morgan fingerprint density at radius 1 is 1.00 bits per heavy atom. The highest BCUT2D eigenvalue weighted by atomic mass is 16.5. The minimum absolute atomic E-state index is 0.206. The first-order chi connectivity index (χ1) is 14.5. The third kappa shape index (κ3) is 5.69. The van der Waals surface area contributed by atoms with Gasteiger partial charge in [-0.2, -0.15) is 0 Å². The Morgan fingerprint density at radius 3 is 2.37 bits per heavy atom. The van der Waals surface area contributed by atoms with Crippen molar-refractivity contribution in [1.82, 2.24) is 10.3 Å². The van der Waals surface area contributed by atoms with Crippen LogP contribution in [0.3, 0.4) is 0 Å². The Bertz CT molecular complexity index is 1090. The van der Waals surface area contributed by atoms with Gasteiger partial charge in [-0.05, 0) is 53.4 Å². The van der Waals surface area contributed by atoms with Crippen molar-refractivity contribution in [3.8, 4) is 17.6 Å². The molecule has 0 aliphatic heterocycles. The highest BCUT2D eigenvalue weighted by Gasteiger charge is 2.07. The van der Waals surface area contributed by atoms with Crippen LogP contribution in [0.1, 0.15) is 37.5 Å². The fourth-order valence-electron chi connectivity index (χ4n) is 2.67. The molecule has 3 aromatic rings. The number of pyridine rings is 1. The molecule has 0 saturated heterocycles. The number of benzene rings is 2. The van der Waals surface area contributed by atoms with Gasteiger partial charge in [0, 0.05) is 24.7 Å². The molecule has 1 heterocycles. The summed E-state index contributed by atoms with van der Waals surface area (Å²) in [4.78, 5) is 27.5. The maximum Gasteiger partial charge on any atom is 0.335 e. The van der Waals surface area contributed by atoms with Crippen LogP contribution in [0.2, 0.25) is 0 Å². The number of carboxylic acid groups (broad SMARTS) is 1. The fraction of sp³-hybridized carbons (Fsp3) is 0.125. The highest BCUT2D eigenvalue weighted by molar-refractivity contribution is 5.94. The maximum absolute atomic E-state index is 12.4. The second kappa shape index (κ2) is 9.89. The van der Waals surface area contributed by atoms with Crippen LogP contribution in [-0.4, -0.2) is 29.1 Å². The second-order valence-corrected chi connectivity index (χ2v) is 6.44. The third-order valence-corrected chi connectivity index (χ3v) is 4.34. The van der Waals surface area contributed by atoms with Gasteiger partial charge >= 0.3 is 5.97 Å². The lowest BCUT2D eigenvalue weighted by Gasteiger charge is -2.06. The number of aromatic nitrogens is 1. The zero-order valence-corrected chi connectivity index (χ0v) is 16.4. The van der Waals surface area contributed by atoms with Crippen LogP contribution in [0, 0.1) is 11.8 Å². The summed E-state index contributed by atoms with van der Waals surface area (Å²) in [5.41, 5.74) is 3.05. The third-order valence-electron chi connectivity index (χ3n) is 4.34. The van der Waals surface area contributed by atoms with Gasteiger partial charge in [-0.25, -0.2) is 9.78 Å². The maximum atomic E-state index is 12.4. The van der Waals surface area contributed by atoms with Gasteiger partial charge in [0.15, 0.2) is 0 Å². The van der Waals surface area contributed by atoms with Gasteiger partial charge < -0.3 is 15.2 Å². The molecule has 0 unspecified atom stereocenters. The van der Waals surface area contributed by atoms with Crippen LogP contribution < -0.4 is 10.1 Å². The number of carbonyl (C=O) groups excluding carboxylic acids is 1. The molecule has 0 fully saturated rings. The molecule has 0 spiro atoms. The van der Waals surface area contributed by atoms with E-state index in [1.807, 2.05) is 24.3 Å². The number of hydrogen-bond acceptors (Lipinski definition) is 4. The largest absolute Gasteiger partial charge is 0.497 e. The molecule has 0 saturated carbocycles. The Balaban J connectivity index is 1.58. The van der Waals surface area contributed by atoms with Crippen molar-refractivity contribution >= 4 is 11.9 Å². The van der Waals surface area contributed by atoms with E-state index >= 15 is 0 Å². The molecule has 2 aromatic carbocycles. The first-order valence-electron chi connectivity index (χ1n) is 9.23. The summed E-state index contributed by atoms with van der Waals surface area (Å²) in [6.45, 7) is 0.291. The molecule has 0 aliphatic rings. The first kappa shape index (κ1) is 20.6. The van der Waals surface area contributed by atoms with E-state index in [0.717, 1.165) is 16.9 Å². The number of nitrogens with one attached hydrogen (secondary N) is 1. The van der Waals surface area contributed by atoms with Crippen LogP contribution in [0.15, 0.2) is 66.9 Å². The van der Waals surface area contributed by atoms with E-state index in [1.54, 1.807) is 37.6 Å². The Kier molecular flexibility index (Phi) is 6.80. The molecule has 0 bridgehead atoms. The minimum Gasteiger partial charge on any atom is -0.497 e. The van der Waals surface area contributed by atoms with E-state index in [1.165, 1.54) is 12.1 Å². The molecular weight excluding hydrogens is 380 g/mol. The van der Waals surface area contributed by atoms with Gasteiger partial charge in [-0.3, -0.25) is 4.79 Å².